The molecule has 1 unspecified atom stereocenters. The molecule has 4 rings (SSSR count). The Kier molecular flexibility index (Phi) is 5.44. The van der Waals surface area contributed by atoms with Crippen LogP contribution < -0.4 is 10.2 Å². The van der Waals surface area contributed by atoms with Gasteiger partial charge in [0.15, 0.2) is 0 Å². The molecule has 0 spiro atoms. The molecule has 1 atom stereocenters. The van der Waals surface area contributed by atoms with Crippen molar-refractivity contribution in [3.8, 4) is 0 Å². The highest BCUT2D eigenvalue weighted by Crippen LogP contribution is 2.38. The van der Waals surface area contributed by atoms with Crippen LogP contribution in [0.3, 0.4) is 0 Å². The summed E-state index contributed by atoms with van der Waals surface area (Å²) in [5.74, 6) is 0.874. The predicted molar refractivity (Wildman–Crippen MR) is 117 cm³/mol. The van der Waals surface area contributed by atoms with E-state index in [9.17, 15) is 9.18 Å². The number of carbonyl (C=O) groups is 1. The number of thiophene rings is 1. The topological polar surface area (TPSA) is 58.1 Å². The van der Waals surface area contributed by atoms with Crippen molar-refractivity contribution in [3.63, 3.8) is 0 Å². The van der Waals surface area contributed by atoms with Crippen LogP contribution in [0.1, 0.15) is 47.2 Å². The Hall–Kier alpha value is -2.25. The first-order valence-corrected chi connectivity index (χ1v) is 10.9. The molecular weight excluding hydrogens is 411 g/mol. The number of aromatic nitrogens is 2. The first-order chi connectivity index (χ1) is 13.8. The third-order valence-corrected chi connectivity index (χ3v) is 6.84. The van der Waals surface area contributed by atoms with E-state index in [1.807, 2.05) is 13.8 Å². The number of aryl methyl sites for hydroxylation is 2. The van der Waals surface area contributed by atoms with E-state index < -0.39 is 5.82 Å². The number of hydrogen-bond acceptors (Lipinski definition) is 5. The van der Waals surface area contributed by atoms with Gasteiger partial charge in [0.1, 0.15) is 22.3 Å². The fourth-order valence-corrected chi connectivity index (χ4v) is 5.16. The van der Waals surface area contributed by atoms with Gasteiger partial charge >= 0.3 is 0 Å². The molecule has 0 radical (unpaired) electrons. The predicted octanol–water partition coefficient (Wildman–Crippen LogP) is 5.73. The number of anilines is 2. The van der Waals surface area contributed by atoms with Crippen molar-refractivity contribution < 1.29 is 9.18 Å². The lowest BCUT2D eigenvalue weighted by molar-refractivity contribution is 0.103. The zero-order valence-electron chi connectivity index (χ0n) is 16.6. The SMILES string of the molecule is Cc1nc(N2CCCCC2C)c2c(C)c(C(=O)Nc3ccc(F)cc3Cl)sc2n1. The van der Waals surface area contributed by atoms with E-state index in [0.717, 1.165) is 41.0 Å². The minimum absolute atomic E-state index is 0.163. The maximum Gasteiger partial charge on any atom is 0.266 e. The van der Waals surface area contributed by atoms with Crippen molar-refractivity contribution in [3.05, 3.63) is 45.3 Å². The first-order valence-electron chi connectivity index (χ1n) is 9.66. The number of halogens is 2. The summed E-state index contributed by atoms with van der Waals surface area (Å²) in [5, 5.41) is 3.89. The lowest BCUT2D eigenvalue weighted by atomic mass is 10.0. The second-order valence-electron chi connectivity index (χ2n) is 7.45. The molecule has 29 heavy (non-hydrogen) atoms. The van der Waals surface area contributed by atoms with Gasteiger partial charge in [0.2, 0.25) is 0 Å². The van der Waals surface area contributed by atoms with E-state index in [1.54, 1.807) is 0 Å². The highest BCUT2D eigenvalue weighted by Gasteiger charge is 2.26. The van der Waals surface area contributed by atoms with E-state index in [0.29, 0.717) is 22.4 Å². The molecule has 3 heterocycles. The van der Waals surface area contributed by atoms with Crippen LogP contribution >= 0.6 is 22.9 Å². The van der Waals surface area contributed by atoms with E-state index in [-0.39, 0.29) is 10.9 Å². The number of nitrogens with one attached hydrogen (secondary N) is 1. The van der Waals surface area contributed by atoms with Gasteiger partial charge in [0, 0.05) is 12.6 Å². The minimum atomic E-state index is -0.447. The van der Waals surface area contributed by atoms with Gasteiger partial charge in [-0.3, -0.25) is 4.79 Å². The van der Waals surface area contributed by atoms with Crippen molar-refractivity contribution in [1.82, 2.24) is 9.97 Å². The van der Waals surface area contributed by atoms with Gasteiger partial charge in [-0.05, 0) is 63.8 Å². The van der Waals surface area contributed by atoms with Gasteiger partial charge in [0.05, 0.1) is 21.0 Å². The minimum Gasteiger partial charge on any atom is -0.353 e. The lowest BCUT2D eigenvalue weighted by Gasteiger charge is -2.35. The number of hydrogen-bond donors (Lipinski definition) is 1. The number of nitrogens with zero attached hydrogens (tertiary/aromatic N) is 3. The zero-order chi connectivity index (χ0) is 20.7. The Morgan fingerprint density at radius 2 is 2.10 bits per heavy atom. The van der Waals surface area contributed by atoms with Crippen molar-refractivity contribution in [1.29, 1.82) is 0 Å². The van der Waals surface area contributed by atoms with Crippen LogP contribution in [0.2, 0.25) is 5.02 Å². The summed E-state index contributed by atoms with van der Waals surface area (Å²) < 4.78 is 13.3. The highest BCUT2D eigenvalue weighted by molar-refractivity contribution is 7.20. The molecule has 1 N–H and O–H groups in total. The second-order valence-corrected chi connectivity index (χ2v) is 8.85. The van der Waals surface area contributed by atoms with Gasteiger partial charge in [-0.1, -0.05) is 11.6 Å². The van der Waals surface area contributed by atoms with Crippen LogP contribution in [-0.2, 0) is 0 Å². The molecule has 3 aromatic rings. The van der Waals surface area contributed by atoms with E-state index in [4.69, 9.17) is 16.6 Å². The fraction of sp³-hybridized carbons (Fsp3) is 0.381. The van der Waals surface area contributed by atoms with E-state index >= 15 is 0 Å². The van der Waals surface area contributed by atoms with Crippen LogP contribution in [0, 0.1) is 19.7 Å². The lowest BCUT2D eigenvalue weighted by Crippen LogP contribution is -2.38. The maximum atomic E-state index is 13.3. The number of fused-ring (bicyclic) bond motifs is 1. The largest absolute Gasteiger partial charge is 0.353 e. The average molecular weight is 433 g/mol. The number of piperidine rings is 1. The molecule has 8 heteroatoms. The third kappa shape index (κ3) is 3.81. The van der Waals surface area contributed by atoms with Gasteiger partial charge in [-0.25, -0.2) is 14.4 Å². The smallest absolute Gasteiger partial charge is 0.266 e. The van der Waals surface area contributed by atoms with Crippen molar-refractivity contribution >= 4 is 50.6 Å². The molecule has 152 valence electrons. The first kappa shape index (κ1) is 20.0. The number of amides is 1. The molecule has 2 aromatic heterocycles. The second kappa shape index (κ2) is 7.88. The summed E-state index contributed by atoms with van der Waals surface area (Å²) in [5.41, 5.74) is 1.23. The maximum absolute atomic E-state index is 13.3. The molecule has 1 saturated heterocycles. The molecule has 1 aliphatic rings. The zero-order valence-corrected chi connectivity index (χ0v) is 18.1. The molecular formula is C21H22ClFN4OS. The standard InChI is InChI=1S/C21H22ClFN4OS/c1-11-6-4-5-9-27(11)19-17-12(2)18(29-21(17)25-13(3)24-19)20(28)26-16-8-7-14(23)10-15(16)22/h7-8,10-11H,4-6,9H2,1-3H3,(H,26,28). The Bertz CT molecular complexity index is 1100. The quantitative estimate of drug-likeness (QED) is 0.574. The number of benzene rings is 1. The molecule has 0 aliphatic carbocycles. The van der Waals surface area contributed by atoms with Crippen molar-refractivity contribution in [2.24, 2.45) is 0 Å². The molecule has 0 saturated carbocycles. The fourth-order valence-electron chi connectivity index (χ4n) is 3.83. The molecule has 5 nitrogen and oxygen atoms in total. The Morgan fingerprint density at radius 1 is 1.31 bits per heavy atom. The van der Waals surface area contributed by atoms with Crippen LogP contribution in [-0.4, -0.2) is 28.5 Å². The van der Waals surface area contributed by atoms with Crippen LogP contribution in [0.25, 0.3) is 10.2 Å². The van der Waals surface area contributed by atoms with E-state index in [2.05, 4.69) is 22.1 Å². The molecule has 1 aliphatic heterocycles. The van der Waals surface area contributed by atoms with E-state index in [1.165, 1.54) is 36.0 Å². The Morgan fingerprint density at radius 3 is 2.83 bits per heavy atom. The van der Waals surface area contributed by atoms with Gasteiger partial charge < -0.3 is 10.2 Å². The number of carbonyl (C=O) groups excluding carboxylic acids is 1. The summed E-state index contributed by atoms with van der Waals surface area (Å²) in [7, 11) is 0. The summed E-state index contributed by atoms with van der Waals surface area (Å²) >= 11 is 7.41. The average Bonchev–Trinajstić information content (AvgIpc) is 3.00. The van der Waals surface area contributed by atoms with Crippen molar-refractivity contribution in [2.75, 3.05) is 16.8 Å². The van der Waals surface area contributed by atoms with Gasteiger partial charge in [-0.15, -0.1) is 11.3 Å². The molecule has 1 amide bonds. The molecule has 1 aromatic carbocycles. The number of rotatable bonds is 3. The van der Waals surface area contributed by atoms with Gasteiger partial charge in [-0.2, -0.15) is 0 Å². The Balaban J connectivity index is 1.75. The van der Waals surface area contributed by atoms with Crippen LogP contribution in [0.15, 0.2) is 18.2 Å². The normalized spacial score (nSPS) is 17.0. The van der Waals surface area contributed by atoms with Crippen LogP contribution in [0.5, 0.6) is 0 Å². The molecule has 1 fully saturated rings. The summed E-state index contributed by atoms with van der Waals surface area (Å²) in [4.78, 5) is 26.0. The summed E-state index contributed by atoms with van der Waals surface area (Å²) in [6.07, 6.45) is 3.48. The highest BCUT2D eigenvalue weighted by atomic mass is 35.5. The summed E-state index contributed by atoms with van der Waals surface area (Å²) in [6, 6.07) is 4.31. The van der Waals surface area contributed by atoms with Crippen LogP contribution in [0.4, 0.5) is 15.9 Å². The summed E-state index contributed by atoms with van der Waals surface area (Å²) in [6.45, 7) is 6.98. The Labute approximate surface area is 177 Å². The third-order valence-electron chi connectivity index (χ3n) is 5.34. The van der Waals surface area contributed by atoms with Crippen molar-refractivity contribution in [2.45, 2.75) is 46.1 Å². The molecule has 0 bridgehead atoms. The van der Waals surface area contributed by atoms with Gasteiger partial charge in [0.25, 0.3) is 5.91 Å². The monoisotopic (exact) mass is 432 g/mol.